The van der Waals surface area contributed by atoms with Crippen LogP contribution in [0.4, 0.5) is 4.39 Å². The number of aromatic nitrogens is 3. The van der Waals surface area contributed by atoms with Gasteiger partial charge in [0.15, 0.2) is 0 Å². The van der Waals surface area contributed by atoms with Crippen molar-refractivity contribution in [2.24, 2.45) is 0 Å². The fourth-order valence-electron chi connectivity index (χ4n) is 2.30. The summed E-state index contributed by atoms with van der Waals surface area (Å²) in [7, 11) is 0. The molecule has 108 valence electrons. The molecule has 2 aromatic rings. The van der Waals surface area contributed by atoms with E-state index in [1.807, 2.05) is 0 Å². The molecule has 1 aromatic carbocycles. The molecule has 0 aliphatic heterocycles. The first kappa shape index (κ1) is 14.6. The molecule has 2 unspecified atom stereocenters. The smallest absolute Gasteiger partial charge is 0.137 e. The first-order valence-corrected chi connectivity index (χ1v) is 6.34. The van der Waals surface area contributed by atoms with Crippen molar-refractivity contribution >= 4 is 0 Å². The lowest BCUT2D eigenvalue weighted by Gasteiger charge is -2.33. The van der Waals surface area contributed by atoms with Gasteiger partial charge in [0.1, 0.15) is 24.1 Å². The summed E-state index contributed by atoms with van der Waals surface area (Å²) >= 11 is 0. The fraction of sp³-hybridized carbons (Fsp3) is 0.429. The highest BCUT2D eigenvalue weighted by atomic mass is 19.1. The molecule has 20 heavy (non-hydrogen) atoms. The zero-order valence-electron chi connectivity index (χ0n) is 11.7. The maximum Gasteiger partial charge on any atom is 0.137 e. The van der Waals surface area contributed by atoms with Crippen LogP contribution < -0.4 is 0 Å². The number of aliphatic hydroxyl groups is 2. The average molecular weight is 279 g/mol. The molecule has 0 amide bonds. The van der Waals surface area contributed by atoms with Gasteiger partial charge in [-0.25, -0.2) is 14.1 Å². The molecule has 0 aliphatic rings. The van der Waals surface area contributed by atoms with Gasteiger partial charge in [-0.2, -0.15) is 5.10 Å². The normalized spacial score (nSPS) is 15.9. The maximum absolute atomic E-state index is 13.8. The predicted molar refractivity (Wildman–Crippen MR) is 71.5 cm³/mol. The lowest BCUT2D eigenvalue weighted by Crippen LogP contribution is -2.42. The monoisotopic (exact) mass is 279 g/mol. The topological polar surface area (TPSA) is 71.2 Å². The van der Waals surface area contributed by atoms with Crippen molar-refractivity contribution in [1.29, 1.82) is 0 Å². The Balaban J connectivity index is 2.50. The van der Waals surface area contributed by atoms with E-state index in [1.54, 1.807) is 19.9 Å². The van der Waals surface area contributed by atoms with Gasteiger partial charge in [-0.3, -0.25) is 0 Å². The molecule has 1 heterocycles. The first-order valence-electron chi connectivity index (χ1n) is 6.34. The minimum atomic E-state index is -1.63. The van der Waals surface area contributed by atoms with E-state index in [2.05, 4.69) is 10.1 Å². The predicted octanol–water partition coefficient (Wildman–Crippen LogP) is 1.30. The number of rotatable bonds is 4. The van der Waals surface area contributed by atoms with Crippen LogP contribution in [0.3, 0.4) is 0 Å². The Morgan fingerprint density at radius 2 is 2.05 bits per heavy atom. The molecule has 0 radical (unpaired) electrons. The standard InChI is InChI=1S/C14H18FN3O2/c1-9-4-10(2)13(15)5-12(9)14(20,11(3)19)6-18-8-16-7-17-18/h4-5,7-8,11,19-20H,6H2,1-3H3. The summed E-state index contributed by atoms with van der Waals surface area (Å²) in [5.41, 5.74) is -0.0646. The molecular formula is C14H18FN3O2. The second-order valence-electron chi connectivity index (χ2n) is 5.11. The third-order valence-corrected chi connectivity index (χ3v) is 3.53. The van der Waals surface area contributed by atoms with Crippen LogP contribution in [-0.2, 0) is 12.1 Å². The molecule has 5 nitrogen and oxygen atoms in total. The minimum absolute atomic E-state index is 0.00594. The number of nitrogens with zero attached hydrogens (tertiary/aromatic N) is 3. The number of aliphatic hydroxyl groups excluding tert-OH is 1. The van der Waals surface area contributed by atoms with E-state index in [9.17, 15) is 14.6 Å². The van der Waals surface area contributed by atoms with Crippen LogP contribution in [0.25, 0.3) is 0 Å². The van der Waals surface area contributed by atoms with Gasteiger partial charge in [-0.05, 0) is 43.5 Å². The SMILES string of the molecule is Cc1cc(C)c(C(O)(Cn2cncn2)C(C)O)cc1F. The van der Waals surface area contributed by atoms with Crippen molar-refractivity contribution < 1.29 is 14.6 Å². The molecule has 2 atom stereocenters. The second-order valence-corrected chi connectivity index (χ2v) is 5.11. The molecule has 2 rings (SSSR count). The fourth-order valence-corrected chi connectivity index (χ4v) is 2.30. The van der Waals surface area contributed by atoms with Gasteiger partial charge < -0.3 is 10.2 Å². The molecule has 0 bridgehead atoms. The van der Waals surface area contributed by atoms with Crippen LogP contribution in [0.15, 0.2) is 24.8 Å². The minimum Gasteiger partial charge on any atom is -0.390 e. The summed E-state index contributed by atoms with van der Waals surface area (Å²) in [5, 5.41) is 24.7. The lowest BCUT2D eigenvalue weighted by molar-refractivity contribution is -0.0858. The van der Waals surface area contributed by atoms with E-state index in [1.165, 1.54) is 30.3 Å². The van der Waals surface area contributed by atoms with E-state index >= 15 is 0 Å². The summed E-state index contributed by atoms with van der Waals surface area (Å²) in [6.45, 7) is 4.89. The number of aryl methyl sites for hydroxylation is 2. The molecule has 6 heteroatoms. The maximum atomic E-state index is 13.8. The van der Waals surface area contributed by atoms with Crippen LogP contribution in [0.5, 0.6) is 0 Å². The summed E-state index contributed by atoms with van der Waals surface area (Å²) in [4.78, 5) is 3.80. The molecular weight excluding hydrogens is 261 g/mol. The van der Waals surface area contributed by atoms with Crippen LogP contribution in [0.1, 0.15) is 23.6 Å². The van der Waals surface area contributed by atoms with E-state index in [4.69, 9.17) is 0 Å². The lowest BCUT2D eigenvalue weighted by atomic mass is 9.85. The number of hydrogen-bond acceptors (Lipinski definition) is 4. The number of halogens is 1. The van der Waals surface area contributed by atoms with E-state index < -0.39 is 17.5 Å². The van der Waals surface area contributed by atoms with E-state index in [-0.39, 0.29) is 6.54 Å². The third-order valence-electron chi connectivity index (χ3n) is 3.53. The highest BCUT2D eigenvalue weighted by Gasteiger charge is 2.37. The molecule has 0 spiro atoms. The summed E-state index contributed by atoms with van der Waals surface area (Å²) < 4.78 is 15.2. The Labute approximate surface area is 116 Å². The Morgan fingerprint density at radius 1 is 1.35 bits per heavy atom. The van der Waals surface area contributed by atoms with Gasteiger partial charge in [-0.1, -0.05) is 6.07 Å². The van der Waals surface area contributed by atoms with Crippen LogP contribution in [-0.4, -0.2) is 31.1 Å². The molecule has 2 N–H and O–H groups in total. The van der Waals surface area contributed by atoms with Crippen molar-refractivity contribution in [2.75, 3.05) is 0 Å². The Kier molecular flexibility index (Phi) is 3.87. The first-order chi connectivity index (χ1) is 9.34. The van der Waals surface area contributed by atoms with Crippen LogP contribution >= 0.6 is 0 Å². The van der Waals surface area contributed by atoms with Gasteiger partial charge in [0, 0.05) is 0 Å². The summed E-state index contributed by atoms with van der Waals surface area (Å²) in [6, 6.07) is 2.92. The molecule has 0 saturated carbocycles. The third kappa shape index (κ3) is 2.57. The van der Waals surface area contributed by atoms with Gasteiger partial charge in [-0.15, -0.1) is 0 Å². The van der Waals surface area contributed by atoms with E-state index in [0.29, 0.717) is 16.7 Å². The summed E-state index contributed by atoms with van der Waals surface area (Å²) in [6.07, 6.45) is 1.69. The van der Waals surface area contributed by atoms with Gasteiger partial charge in [0.05, 0.1) is 12.6 Å². The number of benzene rings is 1. The quantitative estimate of drug-likeness (QED) is 0.885. The molecule has 0 aliphatic carbocycles. The zero-order valence-corrected chi connectivity index (χ0v) is 11.7. The largest absolute Gasteiger partial charge is 0.390 e. The second kappa shape index (κ2) is 5.30. The Bertz CT molecular complexity index is 599. The van der Waals surface area contributed by atoms with Gasteiger partial charge >= 0.3 is 0 Å². The molecule has 0 saturated heterocycles. The van der Waals surface area contributed by atoms with Crippen molar-refractivity contribution in [2.45, 2.75) is 39.0 Å². The molecule has 0 fully saturated rings. The average Bonchev–Trinajstić information content (AvgIpc) is 2.86. The highest BCUT2D eigenvalue weighted by Crippen LogP contribution is 2.31. The Hall–Kier alpha value is -1.79. The van der Waals surface area contributed by atoms with Crippen molar-refractivity contribution in [3.05, 3.63) is 47.3 Å². The van der Waals surface area contributed by atoms with Crippen molar-refractivity contribution in [3.8, 4) is 0 Å². The van der Waals surface area contributed by atoms with Crippen LogP contribution in [0, 0.1) is 19.7 Å². The van der Waals surface area contributed by atoms with Crippen molar-refractivity contribution in [1.82, 2.24) is 14.8 Å². The molecule has 1 aromatic heterocycles. The highest BCUT2D eigenvalue weighted by molar-refractivity contribution is 5.36. The van der Waals surface area contributed by atoms with Gasteiger partial charge in [0.2, 0.25) is 0 Å². The summed E-state index contributed by atoms with van der Waals surface area (Å²) in [5.74, 6) is -0.414. The van der Waals surface area contributed by atoms with Gasteiger partial charge in [0.25, 0.3) is 0 Å². The zero-order chi connectivity index (χ0) is 14.9. The Morgan fingerprint density at radius 3 is 2.60 bits per heavy atom. The number of hydrogen-bond donors (Lipinski definition) is 2. The van der Waals surface area contributed by atoms with Crippen molar-refractivity contribution in [3.63, 3.8) is 0 Å². The van der Waals surface area contributed by atoms with E-state index in [0.717, 1.165) is 0 Å². The van der Waals surface area contributed by atoms with Crippen LogP contribution in [0.2, 0.25) is 0 Å².